The lowest BCUT2D eigenvalue weighted by Gasteiger charge is -2.08. The minimum atomic E-state index is -0.179. The van der Waals surface area contributed by atoms with Crippen LogP contribution in [0.15, 0.2) is 71.3 Å². The third kappa shape index (κ3) is 3.01. The minimum absolute atomic E-state index is 0.179. The maximum Gasteiger partial charge on any atom is 0.255 e. The predicted octanol–water partition coefficient (Wildman–Crippen LogP) is 4.21. The number of hydrogen-bond donors (Lipinski definition) is 1. The Morgan fingerprint density at radius 3 is 2.68 bits per heavy atom. The lowest BCUT2D eigenvalue weighted by molar-refractivity contribution is 0.102. The van der Waals surface area contributed by atoms with Gasteiger partial charge in [0.25, 0.3) is 5.91 Å². The molecule has 1 aromatic heterocycles. The number of furan rings is 1. The summed E-state index contributed by atoms with van der Waals surface area (Å²) in [7, 11) is 1.59. The van der Waals surface area contributed by atoms with Crippen molar-refractivity contribution in [3.63, 3.8) is 0 Å². The number of methoxy groups -OCH3 is 1. The number of ether oxygens (including phenoxy) is 1. The largest absolute Gasteiger partial charge is 0.497 e. The molecule has 0 saturated heterocycles. The average molecular weight is 293 g/mol. The highest BCUT2D eigenvalue weighted by Crippen LogP contribution is 2.22. The number of amides is 1. The Morgan fingerprint density at radius 1 is 1.05 bits per heavy atom. The summed E-state index contributed by atoms with van der Waals surface area (Å²) in [5.74, 6) is 1.25. The fourth-order valence-electron chi connectivity index (χ4n) is 2.16. The number of benzene rings is 2. The van der Waals surface area contributed by atoms with E-state index >= 15 is 0 Å². The van der Waals surface area contributed by atoms with Crippen LogP contribution in [-0.2, 0) is 0 Å². The van der Waals surface area contributed by atoms with Crippen molar-refractivity contribution < 1.29 is 13.9 Å². The minimum Gasteiger partial charge on any atom is -0.497 e. The number of hydrogen-bond acceptors (Lipinski definition) is 3. The quantitative estimate of drug-likeness (QED) is 0.784. The third-order valence-electron chi connectivity index (χ3n) is 3.26. The van der Waals surface area contributed by atoms with Gasteiger partial charge in [0.2, 0.25) is 0 Å². The molecule has 1 heterocycles. The van der Waals surface area contributed by atoms with Crippen LogP contribution < -0.4 is 10.1 Å². The van der Waals surface area contributed by atoms with E-state index in [2.05, 4.69) is 5.32 Å². The van der Waals surface area contributed by atoms with Gasteiger partial charge in [0.05, 0.1) is 13.4 Å². The molecule has 0 aliphatic heterocycles. The van der Waals surface area contributed by atoms with Gasteiger partial charge in [0.15, 0.2) is 0 Å². The van der Waals surface area contributed by atoms with Gasteiger partial charge < -0.3 is 14.5 Å². The van der Waals surface area contributed by atoms with E-state index in [0.717, 1.165) is 11.3 Å². The highest BCUT2D eigenvalue weighted by molar-refractivity contribution is 6.04. The van der Waals surface area contributed by atoms with Crippen molar-refractivity contribution in [2.24, 2.45) is 0 Å². The van der Waals surface area contributed by atoms with Gasteiger partial charge in [0, 0.05) is 22.9 Å². The van der Waals surface area contributed by atoms with Crippen LogP contribution in [0.25, 0.3) is 11.3 Å². The molecule has 0 aliphatic rings. The Bertz CT molecular complexity index is 779. The van der Waals surface area contributed by atoms with Crippen molar-refractivity contribution in [1.29, 1.82) is 0 Å². The second kappa shape index (κ2) is 6.18. The third-order valence-corrected chi connectivity index (χ3v) is 3.26. The summed E-state index contributed by atoms with van der Waals surface area (Å²) in [6.45, 7) is 0. The highest BCUT2D eigenvalue weighted by atomic mass is 16.5. The zero-order valence-electron chi connectivity index (χ0n) is 12.1. The first-order valence-electron chi connectivity index (χ1n) is 6.85. The SMILES string of the molecule is COc1cccc(NC(=O)c2cccc(-c3ccco3)c2)c1. The van der Waals surface area contributed by atoms with Gasteiger partial charge in [-0.25, -0.2) is 0 Å². The van der Waals surface area contributed by atoms with Crippen LogP contribution in [0.4, 0.5) is 5.69 Å². The fourth-order valence-corrected chi connectivity index (χ4v) is 2.16. The molecule has 2 aromatic carbocycles. The summed E-state index contributed by atoms with van der Waals surface area (Å²) >= 11 is 0. The molecule has 0 fully saturated rings. The summed E-state index contributed by atoms with van der Waals surface area (Å²) in [5.41, 5.74) is 2.12. The highest BCUT2D eigenvalue weighted by Gasteiger charge is 2.09. The topological polar surface area (TPSA) is 51.5 Å². The zero-order valence-corrected chi connectivity index (χ0v) is 12.1. The Balaban J connectivity index is 1.81. The lowest BCUT2D eigenvalue weighted by Crippen LogP contribution is -2.11. The van der Waals surface area contributed by atoms with E-state index in [-0.39, 0.29) is 5.91 Å². The molecule has 0 saturated carbocycles. The van der Waals surface area contributed by atoms with E-state index < -0.39 is 0 Å². The predicted molar refractivity (Wildman–Crippen MR) is 85.1 cm³/mol. The number of nitrogens with one attached hydrogen (secondary N) is 1. The average Bonchev–Trinajstić information content (AvgIpc) is 3.09. The molecule has 4 nitrogen and oxygen atoms in total. The van der Waals surface area contributed by atoms with Gasteiger partial charge in [-0.1, -0.05) is 18.2 Å². The normalized spacial score (nSPS) is 10.2. The molecule has 3 aromatic rings. The van der Waals surface area contributed by atoms with Crippen molar-refractivity contribution in [1.82, 2.24) is 0 Å². The van der Waals surface area contributed by atoms with Crippen LogP contribution in [0.3, 0.4) is 0 Å². The van der Waals surface area contributed by atoms with Crippen molar-refractivity contribution in [2.45, 2.75) is 0 Å². The zero-order chi connectivity index (χ0) is 15.4. The Kier molecular flexibility index (Phi) is 3.92. The molecule has 0 radical (unpaired) electrons. The van der Waals surface area contributed by atoms with Crippen molar-refractivity contribution >= 4 is 11.6 Å². The summed E-state index contributed by atoms with van der Waals surface area (Å²) in [5, 5.41) is 2.86. The first kappa shape index (κ1) is 13.9. The van der Waals surface area contributed by atoms with E-state index in [1.54, 1.807) is 31.6 Å². The van der Waals surface area contributed by atoms with Gasteiger partial charge in [-0.2, -0.15) is 0 Å². The van der Waals surface area contributed by atoms with E-state index in [0.29, 0.717) is 17.0 Å². The Hall–Kier alpha value is -3.01. The van der Waals surface area contributed by atoms with Gasteiger partial charge in [-0.15, -0.1) is 0 Å². The van der Waals surface area contributed by atoms with E-state index in [1.165, 1.54) is 0 Å². The molecule has 22 heavy (non-hydrogen) atoms. The summed E-state index contributed by atoms with van der Waals surface area (Å²) in [6, 6.07) is 18.2. The van der Waals surface area contributed by atoms with E-state index in [9.17, 15) is 4.79 Å². The number of anilines is 1. The molecule has 110 valence electrons. The van der Waals surface area contributed by atoms with Crippen LogP contribution in [0.2, 0.25) is 0 Å². The van der Waals surface area contributed by atoms with Crippen LogP contribution in [0, 0.1) is 0 Å². The van der Waals surface area contributed by atoms with Crippen molar-refractivity contribution in [3.8, 4) is 17.1 Å². The molecule has 0 unspecified atom stereocenters. The smallest absolute Gasteiger partial charge is 0.255 e. The van der Waals surface area contributed by atoms with Crippen LogP contribution >= 0.6 is 0 Å². The second-order valence-corrected chi connectivity index (χ2v) is 4.74. The molecule has 1 N–H and O–H groups in total. The van der Waals surface area contributed by atoms with Crippen LogP contribution in [-0.4, -0.2) is 13.0 Å². The van der Waals surface area contributed by atoms with Gasteiger partial charge in [0.1, 0.15) is 11.5 Å². The first-order chi connectivity index (χ1) is 10.8. The van der Waals surface area contributed by atoms with Crippen molar-refractivity contribution in [2.75, 3.05) is 12.4 Å². The lowest BCUT2D eigenvalue weighted by atomic mass is 10.1. The fraction of sp³-hybridized carbons (Fsp3) is 0.0556. The van der Waals surface area contributed by atoms with Gasteiger partial charge in [-0.05, 0) is 36.4 Å². The number of carbonyl (C=O) groups excluding carboxylic acids is 1. The monoisotopic (exact) mass is 293 g/mol. The molecule has 3 rings (SSSR count). The van der Waals surface area contributed by atoms with Crippen molar-refractivity contribution in [3.05, 3.63) is 72.5 Å². The maximum absolute atomic E-state index is 12.4. The summed E-state index contributed by atoms with van der Waals surface area (Å²) in [4.78, 5) is 12.4. The molecular formula is C18H15NO3. The molecule has 0 atom stereocenters. The molecule has 0 spiro atoms. The standard InChI is InChI=1S/C18H15NO3/c1-21-16-8-3-7-15(12-16)19-18(20)14-6-2-5-13(11-14)17-9-4-10-22-17/h2-12H,1H3,(H,19,20). The number of rotatable bonds is 4. The maximum atomic E-state index is 12.4. The van der Waals surface area contributed by atoms with Gasteiger partial charge >= 0.3 is 0 Å². The van der Waals surface area contributed by atoms with Gasteiger partial charge in [-0.3, -0.25) is 4.79 Å². The number of carbonyl (C=O) groups is 1. The van der Waals surface area contributed by atoms with Crippen LogP contribution in [0.1, 0.15) is 10.4 Å². The van der Waals surface area contributed by atoms with E-state index in [4.69, 9.17) is 9.15 Å². The van der Waals surface area contributed by atoms with E-state index in [1.807, 2.05) is 42.5 Å². The Labute approximate surface area is 128 Å². The molecule has 0 aliphatic carbocycles. The second-order valence-electron chi connectivity index (χ2n) is 4.74. The Morgan fingerprint density at radius 2 is 1.91 bits per heavy atom. The van der Waals surface area contributed by atoms with Crippen LogP contribution in [0.5, 0.6) is 5.75 Å². The molecule has 0 bridgehead atoms. The molecule has 4 heteroatoms. The molecule has 1 amide bonds. The summed E-state index contributed by atoms with van der Waals surface area (Å²) in [6.07, 6.45) is 1.61. The first-order valence-corrected chi connectivity index (χ1v) is 6.85. The summed E-state index contributed by atoms with van der Waals surface area (Å²) < 4.78 is 10.5. The molecular weight excluding hydrogens is 278 g/mol.